The third-order valence-electron chi connectivity index (χ3n) is 6.81. The number of alkyl halides is 6. The molecule has 2 saturated heterocycles. The highest BCUT2D eigenvalue weighted by Gasteiger charge is 2.40. The van der Waals surface area contributed by atoms with Crippen LogP contribution in [-0.4, -0.2) is 41.9 Å². The monoisotopic (exact) mass is 474 g/mol. The summed E-state index contributed by atoms with van der Waals surface area (Å²) in [6, 6.07) is 5.06. The Kier molecular flexibility index (Phi) is 6.24. The maximum atomic E-state index is 13.1. The quantitative estimate of drug-likeness (QED) is 0.525. The van der Waals surface area contributed by atoms with Crippen LogP contribution in [0.15, 0.2) is 41.0 Å². The molecule has 0 atom stereocenters. The van der Waals surface area contributed by atoms with E-state index in [9.17, 15) is 31.1 Å². The van der Waals surface area contributed by atoms with Crippen molar-refractivity contribution in [1.29, 1.82) is 0 Å². The van der Waals surface area contributed by atoms with E-state index in [1.807, 2.05) is 4.90 Å². The van der Waals surface area contributed by atoms with Gasteiger partial charge in [0, 0.05) is 19.6 Å². The van der Waals surface area contributed by atoms with Gasteiger partial charge < -0.3 is 9.32 Å². The predicted octanol–water partition coefficient (Wildman–Crippen LogP) is 5.84. The van der Waals surface area contributed by atoms with Gasteiger partial charge in [-0.05, 0) is 80.1 Å². The fraction of sp³-hybridized carbons (Fsp3) is 0.522. The summed E-state index contributed by atoms with van der Waals surface area (Å²) < 4.78 is 83.9. The molecule has 1 spiro atoms. The van der Waals surface area contributed by atoms with Crippen LogP contribution in [0.4, 0.5) is 26.3 Å². The Morgan fingerprint density at radius 1 is 0.879 bits per heavy atom. The van der Waals surface area contributed by atoms with Crippen LogP contribution in [-0.2, 0) is 18.9 Å². The predicted molar refractivity (Wildman–Crippen MR) is 107 cm³/mol. The highest BCUT2D eigenvalue weighted by molar-refractivity contribution is 5.91. The molecule has 2 fully saturated rings. The van der Waals surface area contributed by atoms with Crippen molar-refractivity contribution < 1.29 is 35.6 Å². The van der Waals surface area contributed by atoms with Gasteiger partial charge in [0.15, 0.2) is 5.76 Å². The number of nitrogens with zero attached hydrogens (tertiary/aromatic N) is 2. The Balaban J connectivity index is 1.37. The van der Waals surface area contributed by atoms with Crippen molar-refractivity contribution in [3.8, 4) is 0 Å². The molecule has 1 aromatic heterocycles. The molecule has 3 heterocycles. The van der Waals surface area contributed by atoms with E-state index in [4.69, 9.17) is 4.42 Å². The zero-order chi connectivity index (χ0) is 23.9. The third kappa shape index (κ3) is 5.37. The molecule has 0 bridgehead atoms. The highest BCUT2D eigenvalue weighted by Crippen LogP contribution is 2.42. The fourth-order valence-electron chi connectivity index (χ4n) is 4.79. The normalized spacial score (nSPS) is 19.8. The molecule has 4 nitrogen and oxygen atoms in total. The lowest BCUT2D eigenvalue weighted by Gasteiger charge is -2.46. The van der Waals surface area contributed by atoms with Gasteiger partial charge in [-0.25, -0.2) is 0 Å². The molecule has 0 N–H and O–H groups in total. The summed E-state index contributed by atoms with van der Waals surface area (Å²) >= 11 is 0. The molecule has 1 amide bonds. The number of hydrogen-bond acceptors (Lipinski definition) is 3. The number of halogens is 6. The summed E-state index contributed by atoms with van der Waals surface area (Å²) in [6.07, 6.45) is -5.02. The van der Waals surface area contributed by atoms with Crippen LogP contribution in [0.25, 0.3) is 0 Å². The minimum Gasteiger partial charge on any atom is -0.459 e. The first kappa shape index (κ1) is 23.7. The molecule has 33 heavy (non-hydrogen) atoms. The topological polar surface area (TPSA) is 36.7 Å². The first-order chi connectivity index (χ1) is 15.5. The SMILES string of the molecule is O=C(c1ccco1)N1CCC2(CCN(Cc3cc(C(F)(F)F)cc(C(F)(F)F)c3)CC2)CC1. The van der Waals surface area contributed by atoms with Crippen molar-refractivity contribution in [2.45, 2.75) is 44.6 Å². The van der Waals surface area contributed by atoms with E-state index in [2.05, 4.69) is 0 Å². The summed E-state index contributed by atoms with van der Waals surface area (Å²) in [6.45, 7) is 2.41. The Morgan fingerprint density at radius 2 is 1.42 bits per heavy atom. The minimum atomic E-state index is -4.84. The van der Waals surface area contributed by atoms with Crippen LogP contribution in [0.1, 0.15) is 52.9 Å². The van der Waals surface area contributed by atoms with E-state index in [1.165, 1.54) is 6.26 Å². The lowest BCUT2D eigenvalue weighted by Crippen LogP contribution is -2.48. The van der Waals surface area contributed by atoms with Crippen molar-refractivity contribution in [3.63, 3.8) is 0 Å². The highest BCUT2D eigenvalue weighted by atomic mass is 19.4. The van der Waals surface area contributed by atoms with Gasteiger partial charge in [0.2, 0.25) is 0 Å². The minimum absolute atomic E-state index is 0.00645. The van der Waals surface area contributed by atoms with Gasteiger partial charge in [0.05, 0.1) is 17.4 Å². The van der Waals surface area contributed by atoms with Gasteiger partial charge in [0.25, 0.3) is 5.91 Å². The van der Waals surface area contributed by atoms with E-state index in [1.54, 1.807) is 17.0 Å². The molecule has 0 aliphatic carbocycles. The molecular weight excluding hydrogens is 450 g/mol. The lowest BCUT2D eigenvalue weighted by atomic mass is 9.71. The molecule has 2 aliphatic heterocycles. The average Bonchev–Trinajstić information content (AvgIpc) is 3.29. The summed E-state index contributed by atoms with van der Waals surface area (Å²) in [4.78, 5) is 16.1. The van der Waals surface area contributed by atoms with Crippen LogP contribution in [0.5, 0.6) is 0 Å². The Hall–Kier alpha value is -2.49. The summed E-state index contributed by atoms with van der Waals surface area (Å²) in [5, 5.41) is 0. The van der Waals surface area contributed by atoms with Crippen molar-refractivity contribution in [2.75, 3.05) is 26.2 Å². The standard InChI is InChI=1S/C23H24F6N2O2/c24-22(25,26)17-12-16(13-18(14-17)23(27,28)29)15-30-7-3-21(4-8-30)5-9-31(10-6-21)20(32)19-2-1-11-33-19/h1-2,11-14H,3-10,15H2. The maximum Gasteiger partial charge on any atom is 0.416 e. The molecular formula is C23H24F6N2O2. The first-order valence-electron chi connectivity index (χ1n) is 10.8. The number of carbonyl (C=O) groups is 1. The van der Waals surface area contributed by atoms with Crippen molar-refractivity contribution >= 4 is 5.91 Å². The first-order valence-corrected chi connectivity index (χ1v) is 10.8. The van der Waals surface area contributed by atoms with Gasteiger partial charge in [-0.15, -0.1) is 0 Å². The summed E-state index contributed by atoms with van der Waals surface area (Å²) in [5.41, 5.74) is -2.52. The molecule has 10 heteroatoms. The molecule has 2 aliphatic rings. The van der Waals surface area contributed by atoms with Crippen molar-refractivity contribution in [3.05, 3.63) is 59.0 Å². The van der Waals surface area contributed by atoms with Gasteiger partial charge in [0.1, 0.15) is 0 Å². The van der Waals surface area contributed by atoms with Crippen LogP contribution in [0.3, 0.4) is 0 Å². The number of piperidine rings is 2. The summed E-state index contributed by atoms with van der Waals surface area (Å²) in [7, 11) is 0. The molecule has 2 aromatic rings. The van der Waals surface area contributed by atoms with Crippen LogP contribution in [0.2, 0.25) is 0 Å². The third-order valence-corrected chi connectivity index (χ3v) is 6.81. The lowest BCUT2D eigenvalue weighted by molar-refractivity contribution is -0.143. The number of hydrogen-bond donors (Lipinski definition) is 0. The van der Waals surface area contributed by atoms with E-state index < -0.39 is 23.5 Å². The Morgan fingerprint density at radius 3 is 1.91 bits per heavy atom. The number of amides is 1. The van der Waals surface area contributed by atoms with E-state index >= 15 is 0 Å². The smallest absolute Gasteiger partial charge is 0.416 e. The number of benzene rings is 1. The van der Waals surface area contributed by atoms with Crippen LogP contribution in [0, 0.1) is 5.41 Å². The second-order valence-corrected chi connectivity index (χ2v) is 8.96. The second kappa shape index (κ2) is 8.70. The number of carbonyl (C=O) groups excluding carboxylic acids is 1. The fourth-order valence-corrected chi connectivity index (χ4v) is 4.79. The van der Waals surface area contributed by atoms with Crippen LogP contribution < -0.4 is 0 Å². The molecule has 0 unspecified atom stereocenters. The number of furan rings is 1. The Bertz CT molecular complexity index is 934. The van der Waals surface area contributed by atoms with Gasteiger partial charge >= 0.3 is 12.4 Å². The van der Waals surface area contributed by atoms with E-state index in [-0.39, 0.29) is 29.5 Å². The van der Waals surface area contributed by atoms with E-state index in [0.29, 0.717) is 31.9 Å². The molecule has 4 rings (SSSR count). The average molecular weight is 474 g/mol. The summed E-state index contributed by atoms with van der Waals surface area (Å²) in [5.74, 6) is 0.164. The maximum absolute atomic E-state index is 13.1. The zero-order valence-corrected chi connectivity index (χ0v) is 17.8. The van der Waals surface area contributed by atoms with Crippen molar-refractivity contribution in [1.82, 2.24) is 9.80 Å². The largest absolute Gasteiger partial charge is 0.459 e. The molecule has 1 aromatic carbocycles. The molecule has 0 saturated carbocycles. The van der Waals surface area contributed by atoms with Crippen LogP contribution >= 0.6 is 0 Å². The van der Waals surface area contributed by atoms with Gasteiger partial charge in [-0.2, -0.15) is 26.3 Å². The Labute approximate surface area is 187 Å². The van der Waals surface area contributed by atoms with Gasteiger partial charge in [-0.3, -0.25) is 9.69 Å². The number of rotatable bonds is 3. The van der Waals surface area contributed by atoms with Crippen molar-refractivity contribution in [2.24, 2.45) is 5.41 Å². The second-order valence-electron chi connectivity index (χ2n) is 8.96. The number of likely N-dealkylation sites (tertiary alicyclic amines) is 2. The van der Waals surface area contributed by atoms with Gasteiger partial charge in [-0.1, -0.05) is 0 Å². The molecule has 180 valence electrons. The zero-order valence-electron chi connectivity index (χ0n) is 17.8. The molecule has 0 radical (unpaired) electrons. The van der Waals surface area contributed by atoms with E-state index in [0.717, 1.165) is 37.8 Å².